The van der Waals surface area contributed by atoms with Gasteiger partial charge in [0.05, 0.1) is 5.52 Å². The van der Waals surface area contributed by atoms with E-state index in [9.17, 15) is 0 Å². The number of fused-ring (bicyclic) bond motifs is 2. The van der Waals surface area contributed by atoms with E-state index in [-0.39, 0.29) is 0 Å². The molecule has 2 heterocycles. The zero-order valence-electron chi connectivity index (χ0n) is 14.8. The summed E-state index contributed by atoms with van der Waals surface area (Å²) < 4.78 is 0. The summed E-state index contributed by atoms with van der Waals surface area (Å²) in [5.74, 6) is 1.60. The molecule has 2 aromatic heterocycles. The van der Waals surface area contributed by atoms with Gasteiger partial charge in [0, 0.05) is 22.8 Å². The highest BCUT2D eigenvalue weighted by atomic mass is 15.0. The van der Waals surface area contributed by atoms with E-state index in [0.717, 1.165) is 22.5 Å². The van der Waals surface area contributed by atoms with Gasteiger partial charge in [-0.25, -0.2) is 4.98 Å². The molecule has 0 spiro atoms. The standard InChI is InChI=1S/C23H23N3/c1-2-4-16(5-3-1)19-7-6-17-9-11-23(26-22(17)14-19)25-20-10-8-18-12-13-24-21(18)15-20/h6-16,24H,1-5H2,(H,25,26). The van der Waals surface area contributed by atoms with Crippen molar-refractivity contribution >= 4 is 33.3 Å². The van der Waals surface area contributed by atoms with E-state index in [0.29, 0.717) is 5.92 Å². The van der Waals surface area contributed by atoms with Crippen LogP contribution >= 0.6 is 0 Å². The van der Waals surface area contributed by atoms with Crippen molar-refractivity contribution in [3.8, 4) is 0 Å². The molecule has 1 fully saturated rings. The lowest BCUT2D eigenvalue weighted by molar-refractivity contribution is 0.444. The molecule has 5 rings (SSSR count). The number of hydrogen-bond acceptors (Lipinski definition) is 2. The van der Waals surface area contributed by atoms with Crippen molar-refractivity contribution in [2.24, 2.45) is 0 Å². The van der Waals surface area contributed by atoms with Gasteiger partial charge in [0.2, 0.25) is 0 Å². The Morgan fingerprint density at radius 1 is 0.846 bits per heavy atom. The Bertz CT molecular complexity index is 1060. The summed E-state index contributed by atoms with van der Waals surface area (Å²) in [6.07, 6.45) is 8.72. The fourth-order valence-corrected chi connectivity index (χ4v) is 4.17. The van der Waals surface area contributed by atoms with Crippen molar-refractivity contribution in [2.75, 3.05) is 5.32 Å². The van der Waals surface area contributed by atoms with Crippen LogP contribution in [-0.2, 0) is 0 Å². The molecule has 0 aliphatic heterocycles. The largest absolute Gasteiger partial charge is 0.361 e. The summed E-state index contributed by atoms with van der Waals surface area (Å²) in [5.41, 5.74) is 4.72. The molecule has 0 saturated heterocycles. The third kappa shape index (κ3) is 2.94. The number of aromatic amines is 1. The summed E-state index contributed by atoms with van der Waals surface area (Å²) >= 11 is 0. The number of aromatic nitrogens is 2. The van der Waals surface area contributed by atoms with E-state index < -0.39 is 0 Å². The first kappa shape index (κ1) is 15.4. The lowest BCUT2D eigenvalue weighted by Gasteiger charge is -2.22. The van der Waals surface area contributed by atoms with Crippen LogP contribution in [-0.4, -0.2) is 9.97 Å². The Hall–Kier alpha value is -2.81. The molecule has 0 amide bonds. The van der Waals surface area contributed by atoms with Crippen molar-refractivity contribution in [3.63, 3.8) is 0 Å². The smallest absolute Gasteiger partial charge is 0.131 e. The van der Waals surface area contributed by atoms with E-state index in [1.54, 1.807) is 0 Å². The molecule has 1 aliphatic rings. The number of hydrogen-bond donors (Lipinski definition) is 2. The third-order valence-electron chi connectivity index (χ3n) is 5.62. The minimum Gasteiger partial charge on any atom is -0.361 e. The Labute approximate surface area is 153 Å². The summed E-state index contributed by atoms with van der Waals surface area (Å²) in [7, 11) is 0. The van der Waals surface area contributed by atoms with Crippen molar-refractivity contribution in [1.82, 2.24) is 9.97 Å². The Kier molecular flexibility index (Phi) is 3.85. The predicted molar refractivity (Wildman–Crippen MR) is 109 cm³/mol. The van der Waals surface area contributed by atoms with Crippen molar-refractivity contribution in [1.29, 1.82) is 0 Å². The molecular formula is C23H23N3. The van der Waals surface area contributed by atoms with Crippen LogP contribution < -0.4 is 5.32 Å². The second kappa shape index (κ2) is 6.49. The van der Waals surface area contributed by atoms with Crippen LogP contribution in [0.2, 0.25) is 0 Å². The molecule has 3 nitrogen and oxygen atoms in total. The van der Waals surface area contributed by atoms with Crippen LogP contribution in [0.5, 0.6) is 0 Å². The van der Waals surface area contributed by atoms with Gasteiger partial charge >= 0.3 is 0 Å². The summed E-state index contributed by atoms with van der Waals surface area (Å²) in [4.78, 5) is 8.13. The molecule has 130 valence electrons. The first-order valence-corrected chi connectivity index (χ1v) is 9.60. The molecule has 0 bridgehead atoms. The van der Waals surface area contributed by atoms with Crippen molar-refractivity contribution in [3.05, 3.63) is 66.4 Å². The lowest BCUT2D eigenvalue weighted by atomic mass is 9.84. The molecule has 26 heavy (non-hydrogen) atoms. The fraction of sp³-hybridized carbons (Fsp3) is 0.261. The van der Waals surface area contributed by atoms with Crippen LogP contribution in [0.1, 0.15) is 43.6 Å². The highest BCUT2D eigenvalue weighted by Crippen LogP contribution is 2.34. The van der Waals surface area contributed by atoms with Gasteiger partial charge in [-0.3, -0.25) is 0 Å². The van der Waals surface area contributed by atoms with Gasteiger partial charge in [-0.05, 0) is 66.1 Å². The van der Waals surface area contributed by atoms with E-state index in [4.69, 9.17) is 4.98 Å². The Morgan fingerprint density at radius 3 is 2.62 bits per heavy atom. The highest BCUT2D eigenvalue weighted by molar-refractivity contribution is 5.85. The van der Waals surface area contributed by atoms with E-state index in [1.807, 2.05) is 6.20 Å². The number of H-pyrrole nitrogens is 1. The number of anilines is 2. The predicted octanol–water partition coefficient (Wildman–Crippen LogP) is 6.51. The van der Waals surface area contributed by atoms with Gasteiger partial charge in [-0.15, -0.1) is 0 Å². The molecular weight excluding hydrogens is 318 g/mol. The average molecular weight is 341 g/mol. The molecule has 1 aliphatic carbocycles. The minimum absolute atomic E-state index is 0.710. The zero-order valence-corrected chi connectivity index (χ0v) is 14.8. The molecule has 4 aromatic rings. The van der Waals surface area contributed by atoms with Gasteiger partial charge in [0.15, 0.2) is 0 Å². The van der Waals surface area contributed by atoms with Gasteiger partial charge in [0.1, 0.15) is 5.82 Å². The summed E-state index contributed by atoms with van der Waals surface area (Å²) in [6, 6.07) is 19.5. The van der Waals surface area contributed by atoms with E-state index in [1.165, 1.54) is 48.4 Å². The number of rotatable bonds is 3. The summed E-state index contributed by atoms with van der Waals surface area (Å²) in [6.45, 7) is 0. The SMILES string of the molecule is c1cc2ccc(Nc3ccc4ccc(C5CCCCC5)cc4n3)cc2[nH]1. The summed E-state index contributed by atoms with van der Waals surface area (Å²) in [5, 5.41) is 5.87. The maximum absolute atomic E-state index is 4.87. The molecule has 0 unspecified atom stereocenters. The Balaban J connectivity index is 1.45. The number of pyridine rings is 1. The molecule has 2 N–H and O–H groups in total. The first-order chi connectivity index (χ1) is 12.8. The van der Waals surface area contributed by atoms with Crippen molar-refractivity contribution in [2.45, 2.75) is 38.0 Å². The van der Waals surface area contributed by atoms with Crippen LogP contribution in [0.25, 0.3) is 21.8 Å². The zero-order chi connectivity index (χ0) is 17.3. The molecule has 3 heteroatoms. The van der Waals surface area contributed by atoms with Crippen LogP contribution in [0.15, 0.2) is 60.8 Å². The first-order valence-electron chi connectivity index (χ1n) is 9.60. The maximum atomic E-state index is 4.87. The van der Waals surface area contributed by atoms with Crippen LogP contribution in [0, 0.1) is 0 Å². The molecule has 1 saturated carbocycles. The lowest BCUT2D eigenvalue weighted by Crippen LogP contribution is -2.04. The van der Waals surface area contributed by atoms with Gasteiger partial charge in [0.25, 0.3) is 0 Å². The van der Waals surface area contributed by atoms with Gasteiger partial charge < -0.3 is 10.3 Å². The molecule has 0 radical (unpaired) electrons. The van der Waals surface area contributed by atoms with E-state index >= 15 is 0 Å². The highest BCUT2D eigenvalue weighted by Gasteiger charge is 2.15. The number of nitrogens with one attached hydrogen (secondary N) is 2. The normalized spacial score (nSPS) is 15.5. The van der Waals surface area contributed by atoms with Gasteiger partial charge in [-0.2, -0.15) is 0 Å². The van der Waals surface area contributed by atoms with Gasteiger partial charge in [-0.1, -0.05) is 37.5 Å². The number of benzene rings is 2. The second-order valence-electron chi connectivity index (χ2n) is 7.39. The monoisotopic (exact) mass is 341 g/mol. The Morgan fingerprint density at radius 2 is 1.69 bits per heavy atom. The topological polar surface area (TPSA) is 40.7 Å². The minimum atomic E-state index is 0.710. The average Bonchev–Trinajstić information content (AvgIpc) is 3.16. The third-order valence-corrected chi connectivity index (χ3v) is 5.62. The quantitative estimate of drug-likeness (QED) is 0.446. The van der Waals surface area contributed by atoms with Crippen molar-refractivity contribution < 1.29 is 0 Å². The van der Waals surface area contributed by atoms with Crippen LogP contribution in [0.3, 0.4) is 0 Å². The number of nitrogens with zero attached hydrogens (tertiary/aromatic N) is 1. The van der Waals surface area contributed by atoms with E-state index in [2.05, 4.69) is 64.9 Å². The maximum Gasteiger partial charge on any atom is 0.131 e. The molecule has 2 aromatic carbocycles. The fourth-order valence-electron chi connectivity index (χ4n) is 4.17. The van der Waals surface area contributed by atoms with Crippen LogP contribution in [0.4, 0.5) is 11.5 Å². The second-order valence-corrected chi connectivity index (χ2v) is 7.39. The molecule has 0 atom stereocenters.